The quantitative estimate of drug-likeness (QED) is 0.240. The number of aromatic carboxylic acids is 1. The van der Waals surface area contributed by atoms with Gasteiger partial charge in [0, 0.05) is 17.9 Å². The van der Waals surface area contributed by atoms with Crippen molar-refractivity contribution in [2.75, 3.05) is 0 Å². The number of fused-ring (bicyclic) bond motifs is 7. The highest BCUT2D eigenvalue weighted by Gasteiger charge is 2.69. The molecule has 278 valence electrons. The van der Waals surface area contributed by atoms with E-state index in [-0.39, 0.29) is 33.1 Å². The molecule has 7 rings (SSSR count). The normalized spacial score (nSPS) is 34.8. The second-order valence-electron chi connectivity index (χ2n) is 17.2. The van der Waals surface area contributed by atoms with Gasteiger partial charge in [0.25, 0.3) is 0 Å². The number of hydrogen-bond donors (Lipinski definition) is 2. The van der Waals surface area contributed by atoms with Gasteiger partial charge in [0.1, 0.15) is 0 Å². The van der Waals surface area contributed by atoms with Gasteiger partial charge >= 0.3 is 5.97 Å². The molecule has 5 heteroatoms. The van der Waals surface area contributed by atoms with Crippen molar-refractivity contribution in [3.63, 3.8) is 0 Å². The molecule has 0 spiro atoms. The van der Waals surface area contributed by atoms with Crippen molar-refractivity contribution in [3.05, 3.63) is 84.2 Å². The van der Waals surface area contributed by atoms with E-state index in [1.807, 2.05) is 37.4 Å². The third kappa shape index (κ3) is 6.77. The maximum atomic E-state index is 13.4. The lowest BCUT2D eigenvalue weighted by Crippen LogP contribution is -2.67. The zero-order valence-corrected chi connectivity index (χ0v) is 32.6. The molecule has 0 bridgehead atoms. The highest BCUT2D eigenvalue weighted by Crippen LogP contribution is 2.76. The van der Waals surface area contributed by atoms with E-state index >= 15 is 0 Å². The Morgan fingerprint density at radius 3 is 2.17 bits per heavy atom. The summed E-state index contributed by atoms with van der Waals surface area (Å²) in [5, 5.41) is 13.1. The molecule has 1 heterocycles. The number of amides is 1. The molecular formula is C47H62N2O3. The van der Waals surface area contributed by atoms with Crippen LogP contribution in [0.5, 0.6) is 0 Å². The predicted octanol–water partition coefficient (Wildman–Crippen LogP) is 10.4. The first-order valence-corrected chi connectivity index (χ1v) is 19.2. The van der Waals surface area contributed by atoms with Crippen LogP contribution < -0.4 is 5.32 Å². The Morgan fingerprint density at radius 1 is 0.885 bits per heavy atom. The molecule has 4 saturated carbocycles. The second-order valence-corrected chi connectivity index (χ2v) is 17.2. The molecule has 5 aliphatic carbocycles. The maximum Gasteiger partial charge on any atom is 0.335 e. The van der Waals surface area contributed by atoms with Gasteiger partial charge in [-0.1, -0.05) is 71.4 Å². The standard InChI is InChI=1S/C40H52N2O3.C3H6.2C2H2/c1-36(2)29(27-10-12-28(13-11-27)35(44)45)16-19-37(3)32(36)17-20-39(5)33(37)15-14-30-31-9-6-18-40(31,22-21-38(30,39)4)42-34(43)24-26-8-7-23-41-25-26;1-3-2;2*1-2/h7-8,10-13,16,23,25,30-33H,6,9,14-15,17-22,24H2,1-5H3,(H,42,43)(H,44,45);3H,1H2,2H3;2*1-2H/t30-,31?,32?,33?,37+,38-,39-,40+;;;/m1.../s1. The molecule has 4 fully saturated rings. The molecule has 1 amide bonds. The van der Waals surface area contributed by atoms with Crippen LogP contribution >= 0.6 is 0 Å². The largest absolute Gasteiger partial charge is 0.478 e. The number of carbonyl (C=O) groups is 2. The number of carboxylic acids is 1. The van der Waals surface area contributed by atoms with Crippen LogP contribution in [0.4, 0.5) is 0 Å². The Labute approximate surface area is 314 Å². The number of rotatable bonds is 5. The number of pyridine rings is 1. The molecule has 0 aliphatic heterocycles. The van der Waals surface area contributed by atoms with Crippen LogP contribution in [0.15, 0.2) is 67.5 Å². The van der Waals surface area contributed by atoms with Crippen molar-refractivity contribution < 1.29 is 14.7 Å². The number of nitrogens with one attached hydrogen (secondary N) is 1. The van der Waals surface area contributed by atoms with Crippen LogP contribution in [-0.2, 0) is 11.2 Å². The number of aromatic nitrogens is 1. The van der Waals surface area contributed by atoms with Crippen molar-refractivity contribution in [2.24, 2.45) is 45.3 Å². The highest BCUT2D eigenvalue weighted by atomic mass is 16.4. The molecule has 5 aliphatic rings. The van der Waals surface area contributed by atoms with Gasteiger partial charge < -0.3 is 10.4 Å². The number of carboxylic acid groups (broad SMARTS) is 1. The summed E-state index contributed by atoms with van der Waals surface area (Å²) in [5.41, 5.74) is 4.66. The van der Waals surface area contributed by atoms with E-state index in [1.54, 1.807) is 24.4 Å². The third-order valence-corrected chi connectivity index (χ3v) is 14.9. The van der Waals surface area contributed by atoms with Crippen LogP contribution in [0.1, 0.15) is 127 Å². The number of hydrogen-bond acceptors (Lipinski definition) is 3. The van der Waals surface area contributed by atoms with Crippen molar-refractivity contribution in [2.45, 2.75) is 118 Å². The smallest absolute Gasteiger partial charge is 0.335 e. The van der Waals surface area contributed by atoms with Gasteiger partial charge in [-0.05, 0) is 145 Å². The summed E-state index contributed by atoms with van der Waals surface area (Å²) >= 11 is 0. The average molecular weight is 703 g/mol. The zero-order chi connectivity index (χ0) is 38.5. The van der Waals surface area contributed by atoms with Crippen LogP contribution in [0.3, 0.4) is 0 Å². The van der Waals surface area contributed by atoms with E-state index in [4.69, 9.17) is 0 Å². The summed E-state index contributed by atoms with van der Waals surface area (Å²) in [5.74, 6) is 1.78. The molecule has 8 atom stereocenters. The Bertz CT molecular complexity index is 1650. The Balaban J connectivity index is 0.000000810. The number of allylic oxidation sites excluding steroid dienone is 3. The molecular weight excluding hydrogens is 641 g/mol. The minimum absolute atomic E-state index is 0.0164. The topological polar surface area (TPSA) is 79.3 Å². The van der Waals surface area contributed by atoms with Crippen molar-refractivity contribution >= 4 is 17.4 Å². The van der Waals surface area contributed by atoms with E-state index in [9.17, 15) is 14.7 Å². The fraction of sp³-hybridized carbons (Fsp3) is 0.553. The minimum Gasteiger partial charge on any atom is -0.478 e. The molecule has 0 radical (unpaired) electrons. The first-order valence-electron chi connectivity index (χ1n) is 19.2. The van der Waals surface area contributed by atoms with Crippen LogP contribution in [0.25, 0.3) is 5.57 Å². The summed E-state index contributed by atoms with van der Waals surface area (Å²) in [4.78, 5) is 29.1. The van der Waals surface area contributed by atoms with Crippen LogP contribution in [0.2, 0.25) is 0 Å². The van der Waals surface area contributed by atoms with Crippen molar-refractivity contribution in [1.82, 2.24) is 10.3 Å². The molecule has 5 nitrogen and oxygen atoms in total. The molecule has 52 heavy (non-hydrogen) atoms. The summed E-state index contributed by atoms with van der Waals surface area (Å²) < 4.78 is 0. The average Bonchev–Trinajstić information content (AvgIpc) is 3.54. The second kappa shape index (κ2) is 15.9. The molecule has 2 aromatic rings. The van der Waals surface area contributed by atoms with E-state index < -0.39 is 5.97 Å². The third-order valence-electron chi connectivity index (χ3n) is 14.9. The molecule has 1 aromatic heterocycles. The van der Waals surface area contributed by atoms with E-state index in [2.05, 4.69) is 83.3 Å². The molecule has 1 aromatic carbocycles. The number of nitrogens with zero attached hydrogens (tertiary/aromatic N) is 1. The number of terminal acetylenes is 2. The van der Waals surface area contributed by atoms with E-state index in [0.717, 1.165) is 24.8 Å². The monoisotopic (exact) mass is 702 g/mol. The van der Waals surface area contributed by atoms with Gasteiger partial charge in [-0.25, -0.2) is 4.79 Å². The lowest BCUT2D eigenvalue weighted by Gasteiger charge is -2.72. The zero-order valence-electron chi connectivity index (χ0n) is 32.6. The molecule has 0 saturated heterocycles. The SMILES string of the molecule is C#C.C#C.C=CC.CC1(C)C(c2ccc(C(=O)O)cc2)=CC[C@@]2(C)C1CC[C@]1(C)C2CC[C@@H]2C3CCC[C@]3(NC(=O)Cc3cccnc3)CC[C@]21C. The van der Waals surface area contributed by atoms with Gasteiger partial charge in [-0.15, -0.1) is 32.3 Å². The van der Waals surface area contributed by atoms with Crippen LogP contribution in [0, 0.1) is 71.0 Å². The van der Waals surface area contributed by atoms with Crippen molar-refractivity contribution in [3.8, 4) is 25.7 Å². The van der Waals surface area contributed by atoms with Gasteiger partial charge in [-0.2, -0.15) is 0 Å². The first kappa shape index (κ1) is 40.7. The van der Waals surface area contributed by atoms with Gasteiger partial charge in [-0.3, -0.25) is 9.78 Å². The van der Waals surface area contributed by atoms with Gasteiger partial charge in [0.15, 0.2) is 0 Å². The van der Waals surface area contributed by atoms with E-state index in [1.165, 1.54) is 56.1 Å². The summed E-state index contributed by atoms with van der Waals surface area (Å²) in [6.07, 6.45) is 36.3. The predicted molar refractivity (Wildman–Crippen MR) is 214 cm³/mol. The lowest BCUT2D eigenvalue weighted by atomic mass is 9.33. The Kier molecular flexibility index (Phi) is 12.4. The fourth-order valence-electron chi connectivity index (χ4n) is 12.7. The molecule has 2 N–H and O–H groups in total. The number of carbonyl (C=O) groups excluding carboxylic acids is 1. The summed E-state index contributed by atoms with van der Waals surface area (Å²) in [6, 6.07) is 11.5. The van der Waals surface area contributed by atoms with Gasteiger partial charge in [0.2, 0.25) is 5.91 Å². The Morgan fingerprint density at radius 2 is 1.56 bits per heavy atom. The first-order chi connectivity index (χ1) is 24.8. The lowest BCUT2D eigenvalue weighted by molar-refractivity contribution is -0.216. The summed E-state index contributed by atoms with van der Waals surface area (Å²) in [6.45, 7) is 18.1. The summed E-state index contributed by atoms with van der Waals surface area (Å²) in [7, 11) is 0. The minimum atomic E-state index is -0.869. The van der Waals surface area contributed by atoms with Crippen molar-refractivity contribution in [1.29, 1.82) is 0 Å². The number of benzene rings is 1. The van der Waals surface area contributed by atoms with Gasteiger partial charge in [0.05, 0.1) is 12.0 Å². The molecule has 3 unspecified atom stereocenters. The fourth-order valence-corrected chi connectivity index (χ4v) is 12.7. The highest BCUT2D eigenvalue weighted by molar-refractivity contribution is 5.88. The van der Waals surface area contributed by atoms with Crippen LogP contribution in [-0.4, -0.2) is 27.5 Å². The Hall–Kier alpha value is -4.09. The van der Waals surface area contributed by atoms with E-state index in [0.29, 0.717) is 35.7 Å². The maximum absolute atomic E-state index is 13.4.